The maximum atomic E-state index is 12.7. The molecule has 4 rings (SSSR count). The van der Waals surface area contributed by atoms with Crippen molar-refractivity contribution < 1.29 is 9.53 Å². The lowest BCUT2D eigenvalue weighted by Crippen LogP contribution is -2.52. The molecule has 1 fully saturated rings. The Bertz CT molecular complexity index is 737. The molecule has 24 heavy (non-hydrogen) atoms. The van der Waals surface area contributed by atoms with Crippen LogP contribution in [0.1, 0.15) is 18.7 Å². The first-order valence-electron chi connectivity index (χ1n) is 8.13. The van der Waals surface area contributed by atoms with E-state index in [0.717, 1.165) is 31.8 Å². The Kier molecular flexibility index (Phi) is 4.04. The highest BCUT2D eigenvalue weighted by Gasteiger charge is 2.45. The van der Waals surface area contributed by atoms with Crippen LogP contribution < -0.4 is 10.6 Å². The number of hydrogen-bond donors (Lipinski definition) is 2. The van der Waals surface area contributed by atoms with Gasteiger partial charge in [0.25, 0.3) is 5.91 Å². The summed E-state index contributed by atoms with van der Waals surface area (Å²) in [5.74, 6) is 0.786. The number of ether oxygens (including phenoxy) is 1. The quantitative estimate of drug-likeness (QED) is 0.874. The second-order valence-corrected chi connectivity index (χ2v) is 6.69. The van der Waals surface area contributed by atoms with E-state index in [1.165, 1.54) is 0 Å². The van der Waals surface area contributed by atoms with Crippen LogP contribution in [-0.4, -0.2) is 34.7 Å². The summed E-state index contributed by atoms with van der Waals surface area (Å²) in [5.41, 5.74) is 0.235. The van der Waals surface area contributed by atoms with Crippen molar-refractivity contribution in [1.29, 1.82) is 0 Å². The lowest BCUT2D eigenvalue weighted by atomic mass is 9.89. The number of piperidine rings is 1. The first-order chi connectivity index (χ1) is 11.7. The third-order valence-corrected chi connectivity index (χ3v) is 4.92. The minimum absolute atomic E-state index is 0.144. The minimum Gasteiger partial charge on any atom is -0.352 e. The summed E-state index contributed by atoms with van der Waals surface area (Å²) < 4.78 is 8.34. The number of anilines is 1. The molecule has 1 amide bonds. The van der Waals surface area contributed by atoms with E-state index in [9.17, 15) is 4.79 Å². The Hall–Kier alpha value is -1.89. The number of halogens is 1. The van der Waals surface area contributed by atoms with Crippen molar-refractivity contribution in [3.8, 4) is 0 Å². The maximum absolute atomic E-state index is 12.7. The zero-order valence-corrected chi connectivity index (χ0v) is 13.9. The van der Waals surface area contributed by atoms with Gasteiger partial charge in [-0.2, -0.15) is 0 Å². The molecular formula is C17H19ClN4O2. The molecule has 3 heterocycles. The Morgan fingerprint density at radius 2 is 2.08 bits per heavy atom. The molecule has 126 valence electrons. The molecular weight excluding hydrogens is 328 g/mol. The summed E-state index contributed by atoms with van der Waals surface area (Å²) in [4.78, 5) is 17.2. The predicted octanol–water partition coefficient (Wildman–Crippen LogP) is 2.15. The number of carbonyl (C=O) groups is 1. The number of benzene rings is 1. The van der Waals surface area contributed by atoms with Crippen LogP contribution in [0.2, 0.25) is 5.02 Å². The Morgan fingerprint density at radius 3 is 2.83 bits per heavy atom. The van der Waals surface area contributed by atoms with Gasteiger partial charge in [-0.15, -0.1) is 0 Å². The first-order valence-corrected chi connectivity index (χ1v) is 8.51. The van der Waals surface area contributed by atoms with Crippen LogP contribution in [0.25, 0.3) is 0 Å². The molecule has 2 aromatic rings. The number of aromatic nitrogens is 2. The summed E-state index contributed by atoms with van der Waals surface area (Å²) >= 11 is 5.88. The van der Waals surface area contributed by atoms with E-state index >= 15 is 0 Å². The molecule has 0 saturated carbocycles. The van der Waals surface area contributed by atoms with Crippen LogP contribution in [0.4, 0.5) is 5.69 Å². The van der Waals surface area contributed by atoms with Gasteiger partial charge < -0.3 is 19.9 Å². The van der Waals surface area contributed by atoms with Gasteiger partial charge in [-0.1, -0.05) is 11.6 Å². The van der Waals surface area contributed by atoms with Gasteiger partial charge in [0.05, 0.1) is 6.54 Å². The summed E-state index contributed by atoms with van der Waals surface area (Å²) in [5, 5.41) is 6.89. The average Bonchev–Trinajstić information content (AvgIpc) is 3.07. The van der Waals surface area contributed by atoms with Crippen LogP contribution in [0.3, 0.4) is 0 Å². The minimum atomic E-state index is -0.541. The zero-order chi connectivity index (χ0) is 16.6. The fraction of sp³-hybridized carbons (Fsp3) is 0.412. The Morgan fingerprint density at radius 1 is 1.33 bits per heavy atom. The van der Waals surface area contributed by atoms with Gasteiger partial charge >= 0.3 is 0 Å². The van der Waals surface area contributed by atoms with Crippen molar-refractivity contribution >= 4 is 23.2 Å². The van der Waals surface area contributed by atoms with Crippen molar-refractivity contribution in [3.63, 3.8) is 0 Å². The largest absolute Gasteiger partial charge is 0.352 e. The van der Waals surface area contributed by atoms with Gasteiger partial charge in [0, 0.05) is 23.1 Å². The highest BCUT2D eigenvalue weighted by atomic mass is 35.5. The molecule has 0 bridgehead atoms. The highest BCUT2D eigenvalue weighted by molar-refractivity contribution is 6.30. The van der Waals surface area contributed by atoms with Gasteiger partial charge in [0.15, 0.2) is 6.10 Å². The number of hydrogen-bond acceptors (Lipinski definition) is 4. The smallest absolute Gasteiger partial charge is 0.255 e. The number of fused-ring (bicyclic) bond motifs is 2. The molecule has 1 atom stereocenters. The second kappa shape index (κ2) is 6.20. The molecule has 1 saturated heterocycles. The molecule has 0 unspecified atom stereocenters. The van der Waals surface area contributed by atoms with Gasteiger partial charge in [-0.3, -0.25) is 4.79 Å². The van der Waals surface area contributed by atoms with E-state index in [1.807, 2.05) is 10.8 Å². The molecule has 1 aromatic heterocycles. The molecule has 2 aliphatic heterocycles. The normalized spacial score (nSPS) is 22.1. The molecule has 1 aromatic carbocycles. The Balaban J connectivity index is 1.56. The lowest BCUT2D eigenvalue weighted by molar-refractivity contribution is -0.163. The molecule has 2 aliphatic rings. The number of amides is 1. The highest BCUT2D eigenvalue weighted by Crippen LogP contribution is 2.38. The summed E-state index contributed by atoms with van der Waals surface area (Å²) in [6.07, 6.45) is 4.79. The van der Waals surface area contributed by atoms with Gasteiger partial charge in [0.1, 0.15) is 11.4 Å². The van der Waals surface area contributed by atoms with E-state index in [-0.39, 0.29) is 5.91 Å². The maximum Gasteiger partial charge on any atom is 0.255 e. The van der Waals surface area contributed by atoms with E-state index in [1.54, 1.807) is 30.5 Å². The van der Waals surface area contributed by atoms with E-state index in [4.69, 9.17) is 16.3 Å². The molecule has 2 N–H and O–H groups in total. The summed E-state index contributed by atoms with van der Waals surface area (Å²) in [7, 11) is 0. The van der Waals surface area contributed by atoms with Gasteiger partial charge in [-0.05, 0) is 50.2 Å². The van der Waals surface area contributed by atoms with Gasteiger partial charge in [-0.25, -0.2) is 4.98 Å². The first kappa shape index (κ1) is 15.6. The second-order valence-electron chi connectivity index (χ2n) is 6.25. The lowest BCUT2D eigenvalue weighted by Gasteiger charge is -2.43. The van der Waals surface area contributed by atoms with Crippen LogP contribution in [0.5, 0.6) is 0 Å². The Labute approximate surface area is 145 Å². The van der Waals surface area contributed by atoms with E-state index < -0.39 is 11.7 Å². The van der Waals surface area contributed by atoms with Crippen molar-refractivity contribution in [2.45, 2.75) is 31.1 Å². The van der Waals surface area contributed by atoms with Crippen molar-refractivity contribution in [2.24, 2.45) is 0 Å². The van der Waals surface area contributed by atoms with Crippen molar-refractivity contribution in [2.75, 3.05) is 18.4 Å². The predicted molar refractivity (Wildman–Crippen MR) is 91.0 cm³/mol. The summed E-state index contributed by atoms with van der Waals surface area (Å²) in [6, 6.07) is 7.07. The van der Waals surface area contributed by atoms with Crippen LogP contribution in [0.15, 0.2) is 36.7 Å². The van der Waals surface area contributed by atoms with Crippen LogP contribution >= 0.6 is 11.6 Å². The SMILES string of the molecule is O=C(Nc1ccc(Cl)cc1)[C@H]1Cn2ccnc2C2(CCNCC2)O1. The van der Waals surface area contributed by atoms with E-state index in [2.05, 4.69) is 15.6 Å². The monoisotopic (exact) mass is 346 g/mol. The van der Waals surface area contributed by atoms with Crippen LogP contribution in [-0.2, 0) is 21.7 Å². The zero-order valence-electron chi connectivity index (χ0n) is 13.2. The number of carbonyl (C=O) groups excluding carboxylic acids is 1. The number of imidazole rings is 1. The van der Waals surface area contributed by atoms with Crippen molar-refractivity contribution in [3.05, 3.63) is 47.5 Å². The number of nitrogens with zero attached hydrogens (tertiary/aromatic N) is 2. The van der Waals surface area contributed by atoms with Crippen LogP contribution in [0, 0.1) is 0 Å². The number of rotatable bonds is 2. The third kappa shape index (κ3) is 2.81. The number of nitrogens with one attached hydrogen (secondary N) is 2. The molecule has 1 spiro atoms. The van der Waals surface area contributed by atoms with Gasteiger partial charge in [0.2, 0.25) is 0 Å². The molecule has 0 aliphatic carbocycles. The molecule has 0 radical (unpaired) electrons. The fourth-order valence-electron chi connectivity index (χ4n) is 3.46. The standard InChI is InChI=1S/C17H19ClN4O2/c18-12-1-3-13(4-2-12)21-15(23)14-11-22-10-9-20-16(22)17(24-14)5-7-19-8-6-17/h1-4,9-10,14,19H,5-8,11H2,(H,21,23)/t14-/m1/s1. The fourth-order valence-corrected chi connectivity index (χ4v) is 3.59. The molecule has 7 heteroatoms. The molecule has 6 nitrogen and oxygen atoms in total. The van der Waals surface area contributed by atoms with E-state index in [0.29, 0.717) is 17.3 Å². The average molecular weight is 347 g/mol. The topological polar surface area (TPSA) is 68.2 Å². The van der Waals surface area contributed by atoms with Crippen molar-refractivity contribution in [1.82, 2.24) is 14.9 Å². The summed E-state index contributed by atoms with van der Waals surface area (Å²) in [6.45, 7) is 2.20. The third-order valence-electron chi connectivity index (χ3n) is 4.67.